The molecule has 0 spiro atoms. The molecule has 1 heterocycles. The Bertz CT molecular complexity index is 941. The minimum Gasteiger partial charge on any atom is -0.337 e. The second-order valence-corrected chi connectivity index (χ2v) is 7.69. The molecule has 0 bridgehead atoms. The highest BCUT2D eigenvalue weighted by molar-refractivity contribution is 5.88. The van der Waals surface area contributed by atoms with Gasteiger partial charge in [0, 0.05) is 12.6 Å². The van der Waals surface area contributed by atoms with Crippen molar-refractivity contribution in [3.8, 4) is 11.4 Å². The molecule has 0 unspecified atom stereocenters. The number of benzene rings is 2. The molecule has 1 aliphatic carbocycles. The van der Waals surface area contributed by atoms with Crippen LogP contribution >= 0.6 is 0 Å². The van der Waals surface area contributed by atoms with Gasteiger partial charge in [0.15, 0.2) is 0 Å². The molecule has 0 atom stereocenters. The van der Waals surface area contributed by atoms with Crippen LogP contribution in [0.25, 0.3) is 11.4 Å². The minimum absolute atomic E-state index is 0.131. The maximum absolute atomic E-state index is 13.4. The van der Waals surface area contributed by atoms with Crippen LogP contribution in [0.3, 0.4) is 0 Å². The van der Waals surface area contributed by atoms with E-state index in [0.29, 0.717) is 18.3 Å². The predicted octanol–water partition coefficient (Wildman–Crippen LogP) is 4.52. The number of aryl methyl sites for hydroxylation is 1. The second kappa shape index (κ2) is 7.58. The van der Waals surface area contributed by atoms with Crippen molar-refractivity contribution in [3.63, 3.8) is 0 Å². The normalized spacial score (nSPS) is 15.5. The quantitative estimate of drug-likeness (QED) is 0.658. The van der Waals surface area contributed by atoms with Crippen LogP contribution in [-0.4, -0.2) is 28.0 Å². The van der Waals surface area contributed by atoms with E-state index in [1.807, 2.05) is 56.4 Å². The van der Waals surface area contributed by atoms with Gasteiger partial charge in [-0.25, -0.2) is 0 Å². The van der Waals surface area contributed by atoms with E-state index in [1.54, 1.807) is 4.90 Å². The van der Waals surface area contributed by atoms with Crippen LogP contribution in [0, 0.1) is 6.92 Å². The lowest BCUT2D eigenvalue weighted by Crippen LogP contribution is -2.43. The summed E-state index contributed by atoms with van der Waals surface area (Å²) in [7, 11) is 1.82. The highest BCUT2D eigenvalue weighted by Gasteiger charge is 2.44. The maximum Gasteiger partial charge on any atom is 0.246 e. The van der Waals surface area contributed by atoms with E-state index in [0.717, 1.165) is 36.8 Å². The maximum atomic E-state index is 13.4. The summed E-state index contributed by atoms with van der Waals surface area (Å²) in [6.45, 7) is 2.35. The van der Waals surface area contributed by atoms with Gasteiger partial charge in [-0.05, 0) is 25.3 Å². The van der Waals surface area contributed by atoms with Crippen molar-refractivity contribution in [2.75, 3.05) is 7.05 Å². The number of carbonyl (C=O) groups excluding carboxylic acids is 1. The predicted molar refractivity (Wildman–Crippen MR) is 108 cm³/mol. The first kappa shape index (κ1) is 18.4. The Morgan fingerprint density at radius 1 is 1.07 bits per heavy atom. The Hall–Kier alpha value is -2.95. The summed E-state index contributed by atoms with van der Waals surface area (Å²) in [5.41, 5.74) is 2.76. The van der Waals surface area contributed by atoms with Crippen LogP contribution in [0.1, 0.15) is 42.7 Å². The molecule has 0 saturated heterocycles. The first-order chi connectivity index (χ1) is 13.6. The molecule has 3 aromatic rings. The van der Waals surface area contributed by atoms with E-state index in [1.165, 1.54) is 5.56 Å². The Morgan fingerprint density at radius 3 is 2.43 bits per heavy atom. The number of hydrogen-bond acceptors (Lipinski definition) is 4. The fourth-order valence-electron chi connectivity index (χ4n) is 4.14. The van der Waals surface area contributed by atoms with E-state index in [4.69, 9.17) is 4.52 Å². The summed E-state index contributed by atoms with van der Waals surface area (Å²) in [6, 6.07) is 18.1. The molecule has 1 amide bonds. The summed E-state index contributed by atoms with van der Waals surface area (Å²) < 4.78 is 5.42. The molecule has 0 radical (unpaired) electrons. The SMILES string of the molecule is Cc1ccc(-c2noc(CN(C)C(=O)C3(c4ccccc4)CCCC3)n2)cc1. The van der Waals surface area contributed by atoms with Gasteiger partial charge in [-0.15, -0.1) is 0 Å². The molecule has 144 valence electrons. The average molecular weight is 375 g/mol. The van der Waals surface area contributed by atoms with Gasteiger partial charge in [0.1, 0.15) is 0 Å². The number of likely N-dealkylation sites (N-methyl/N-ethyl adjacent to an activating group) is 1. The standard InChI is InChI=1S/C23H25N3O2/c1-17-10-12-18(13-11-17)21-24-20(28-25-21)16-26(2)22(27)23(14-6-7-15-23)19-8-4-3-5-9-19/h3-5,8-13H,6-7,14-16H2,1-2H3. The number of hydrogen-bond donors (Lipinski definition) is 0. The fourth-order valence-corrected chi connectivity index (χ4v) is 4.14. The molecular weight excluding hydrogens is 350 g/mol. The Kier molecular flexibility index (Phi) is 4.99. The Morgan fingerprint density at radius 2 is 1.75 bits per heavy atom. The van der Waals surface area contributed by atoms with Crippen molar-refractivity contribution >= 4 is 5.91 Å². The van der Waals surface area contributed by atoms with Gasteiger partial charge in [-0.2, -0.15) is 4.98 Å². The zero-order valence-corrected chi connectivity index (χ0v) is 16.4. The minimum atomic E-state index is -0.435. The van der Waals surface area contributed by atoms with Gasteiger partial charge in [-0.1, -0.05) is 78.2 Å². The highest BCUT2D eigenvalue weighted by atomic mass is 16.5. The lowest BCUT2D eigenvalue weighted by molar-refractivity contribution is -0.136. The van der Waals surface area contributed by atoms with Crippen LogP contribution in [-0.2, 0) is 16.8 Å². The molecule has 1 saturated carbocycles. The first-order valence-corrected chi connectivity index (χ1v) is 9.79. The van der Waals surface area contributed by atoms with Gasteiger partial charge >= 0.3 is 0 Å². The number of amides is 1. The first-order valence-electron chi connectivity index (χ1n) is 9.79. The zero-order valence-electron chi connectivity index (χ0n) is 16.4. The third-order valence-electron chi connectivity index (χ3n) is 5.69. The van der Waals surface area contributed by atoms with Crippen LogP contribution in [0.15, 0.2) is 59.1 Å². The number of carbonyl (C=O) groups is 1. The zero-order chi connectivity index (χ0) is 19.6. The summed E-state index contributed by atoms with van der Waals surface area (Å²) >= 11 is 0. The van der Waals surface area contributed by atoms with E-state index in [2.05, 4.69) is 22.3 Å². The average Bonchev–Trinajstić information content (AvgIpc) is 3.39. The van der Waals surface area contributed by atoms with Gasteiger partial charge in [-0.3, -0.25) is 4.79 Å². The van der Waals surface area contributed by atoms with Gasteiger partial charge in [0.2, 0.25) is 17.6 Å². The summed E-state index contributed by atoms with van der Waals surface area (Å²) in [4.78, 5) is 19.6. The van der Waals surface area contributed by atoms with Crippen molar-refractivity contribution < 1.29 is 9.32 Å². The second-order valence-electron chi connectivity index (χ2n) is 7.69. The van der Waals surface area contributed by atoms with Gasteiger partial charge in [0.05, 0.1) is 12.0 Å². The third-order valence-corrected chi connectivity index (χ3v) is 5.69. The van der Waals surface area contributed by atoms with E-state index in [9.17, 15) is 4.79 Å². The molecule has 1 aliphatic rings. The Balaban J connectivity index is 1.52. The van der Waals surface area contributed by atoms with Crippen LogP contribution in [0.4, 0.5) is 0 Å². The van der Waals surface area contributed by atoms with Crippen molar-refractivity contribution in [1.82, 2.24) is 15.0 Å². The van der Waals surface area contributed by atoms with Crippen LogP contribution < -0.4 is 0 Å². The van der Waals surface area contributed by atoms with Crippen molar-refractivity contribution in [2.24, 2.45) is 0 Å². The molecule has 4 rings (SSSR count). The van der Waals surface area contributed by atoms with Crippen LogP contribution in [0.5, 0.6) is 0 Å². The summed E-state index contributed by atoms with van der Waals surface area (Å²) in [5, 5.41) is 4.08. The van der Waals surface area contributed by atoms with Gasteiger partial charge in [0.25, 0.3) is 0 Å². The molecule has 1 aromatic heterocycles. The lowest BCUT2D eigenvalue weighted by atomic mass is 9.77. The topological polar surface area (TPSA) is 59.2 Å². The largest absolute Gasteiger partial charge is 0.337 e. The van der Waals surface area contributed by atoms with Crippen molar-refractivity contribution in [3.05, 3.63) is 71.6 Å². The van der Waals surface area contributed by atoms with Crippen LogP contribution in [0.2, 0.25) is 0 Å². The summed E-state index contributed by atoms with van der Waals surface area (Å²) in [6.07, 6.45) is 3.93. The lowest BCUT2D eigenvalue weighted by Gasteiger charge is -2.32. The molecule has 0 aliphatic heterocycles. The molecule has 28 heavy (non-hydrogen) atoms. The third kappa shape index (κ3) is 3.44. The molecule has 5 nitrogen and oxygen atoms in total. The molecule has 0 N–H and O–H groups in total. The summed E-state index contributed by atoms with van der Waals surface area (Å²) in [5.74, 6) is 1.13. The number of nitrogens with zero attached hydrogens (tertiary/aromatic N) is 3. The van der Waals surface area contributed by atoms with E-state index in [-0.39, 0.29) is 5.91 Å². The highest BCUT2D eigenvalue weighted by Crippen LogP contribution is 2.42. The number of aromatic nitrogens is 2. The smallest absolute Gasteiger partial charge is 0.246 e. The molecule has 5 heteroatoms. The van der Waals surface area contributed by atoms with Crippen molar-refractivity contribution in [2.45, 2.75) is 44.6 Å². The van der Waals surface area contributed by atoms with E-state index < -0.39 is 5.41 Å². The molecular formula is C23H25N3O2. The van der Waals surface area contributed by atoms with Crippen molar-refractivity contribution in [1.29, 1.82) is 0 Å². The Labute approximate surface area is 165 Å². The number of rotatable bonds is 5. The van der Waals surface area contributed by atoms with Gasteiger partial charge < -0.3 is 9.42 Å². The molecule has 2 aromatic carbocycles. The fraction of sp³-hybridized carbons (Fsp3) is 0.348. The van der Waals surface area contributed by atoms with E-state index >= 15 is 0 Å². The molecule has 1 fully saturated rings. The monoisotopic (exact) mass is 375 g/mol.